The van der Waals surface area contributed by atoms with Crippen molar-refractivity contribution in [2.45, 2.75) is 0 Å². The minimum absolute atomic E-state index is 0.164. The van der Waals surface area contributed by atoms with E-state index in [4.69, 9.17) is 16.0 Å². The molecular weight excluding hydrogens is 368 g/mol. The zero-order valence-electron chi connectivity index (χ0n) is 11.2. The van der Waals surface area contributed by atoms with Gasteiger partial charge in [0.1, 0.15) is 10.8 Å². The van der Waals surface area contributed by atoms with Crippen molar-refractivity contribution in [3.8, 4) is 17.2 Å². The molecular formula is C16H10BrClN2O2. The maximum Gasteiger partial charge on any atom is 0.259 e. The SMILES string of the molecule is Oc1cccc(/C=C(\Cl)c2nnc(-c3ccccc3Br)o2)c1. The number of aromatic hydroxyl groups is 1. The topological polar surface area (TPSA) is 59.2 Å². The van der Waals surface area contributed by atoms with E-state index < -0.39 is 0 Å². The summed E-state index contributed by atoms with van der Waals surface area (Å²) in [5, 5.41) is 17.7. The van der Waals surface area contributed by atoms with E-state index in [2.05, 4.69) is 26.1 Å². The molecule has 2 aromatic carbocycles. The van der Waals surface area contributed by atoms with E-state index in [9.17, 15) is 5.11 Å². The van der Waals surface area contributed by atoms with Crippen molar-refractivity contribution in [2.24, 2.45) is 0 Å². The van der Waals surface area contributed by atoms with Crippen molar-refractivity contribution in [3.05, 3.63) is 64.5 Å². The number of benzene rings is 2. The molecule has 1 heterocycles. The lowest BCUT2D eigenvalue weighted by atomic mass is 10.2. The lowest BCUT2D eigenvalue weighted by molar-refractivity contribution is 0.475. The Hall–Kier alpha value is -2.11. The summed E-state index contributed by atoms with van der Waals surface area (Å²) < 4.78 is 6.46. The first-order valence-corrected chi connectivity index (χ1v) is 7.55. The van der Waals surface area contributed by atoms with Crippen LogP contribution in [0.1, 0.15) is 11.5 Å². The molecule has 0 aliphatic heterocycles. The maximum absolute atomic E-state index is 9.45. The van der Waals surface area contributed by atoms with Gasteiger partial charge in [-0.1, -0.05) is 35.9 Å². The second kappa shape index (κ2) is 6.34. The third-order valence-corrected chi connectivity index (χ3v) is 3.86. The van der Waals surface area contributed by atoms with Crippen molar-refractivity contribution >= 4 is 38.6 Å². The zero-order valence-corrected chi connectivity index (χ0v) is 13.5. The highest BCUT2D eigenvalue weighted by molar-refractivity contribution is 9.10. The van der Waals surface area contributed by atoms with Crippen LogP contribution in [-0.2, 0) is 0 Å². The fourth-order valence-corrected chi connectivity index (χ4v) is 2.54. The van der Waals surface area contributed by atoms with Gasteiger partial charge in [0.15, 0.2) is 0 Å². The molecule has 1 N–H and O–H groups in total. The Bertz CT molecular complexity index is 845. The molecule has 0 aliphatic carbocycles. The predicted molar refractivity (Wildman–Crippen MR) is 89.3 cm³/mol. The number of nitrogens with zero attached hydrogens (tertiary/aromatic N) is 2. The van der Waals surface area contributed by atoms with Crippen molar-refractivity contribution in [1.29, 1.82) is 0 Å². The van der Waals surface area contributed by atoms with Gasteiger partial charge >= 0.3 is 0 Å². The number of aromatic nitrogens is 2. The van der Waals surface area contributed by atoms with Crippen LogP contribution in [0.15, 0.2) is 57.4 Å². The molecule has 0 radical (unpaired) electrons. The Balaban J connectivity index is 1.92. The highest BCUT2D eigenvalue weighted by Gasteiger charge is 2.13. The quantitative estimate of drug-likeness (QED) is 0.702. The predicted octanol–water partition coefficient (Wildman–Crippen LogP) is 4.94. The van der Waals surface area contributed by atoms with Gasteiger partial charge in [0.05, 0.1) is 5.56 Å². The monoisotopic (exact) mass is 376 g/mol. The molecule has 22 heavy (non-hydrogen) atoms. The van der Waals surface area contributed by atoms with Crippen LogP contribution in [0.2, 0.25) is 0 Å². The molecule has 1 aromatic heterocycles. The largest absolute Gasteiger partial charge is 0.508 e. The summed E-state index contributed by atoms with van der Waals surface area (Å²) in [6.45, 7) is 0. The number of rotatable bonds is 3. The Morgan fingerprint density at radius 2 is 1.95 bits per heavy atom. The van der Waals surface area contributed by atoms with Crippen LogP contribution >= 0.6 is 27.5 Å². The van der Waals surface area contributed by atoms with E-state index in [1.54, 1.807) is 24.3 Å². The van der Waals surface area contributed by atoms with Crippen LogP contribution in [0.4, 0.5) is 0 Å². The van der Waals surface area contributed by atoms with Gasteiger partial charge in [-0.25, -0.2) is 0 Å². The fourth-order valence-electron chi connectivity index (χ4n) is 1.89. The highest BCUT2D eigenvalue weighted by Crippen LogP contribution is 2.29. The van der Waals surface area contributed by atoms with E-state index in [0.717, 1.165) is 15.6 Å². The third kappa shape index (κ3) is 3.21. The Morgan fingerprint density at radius 1 is 1.14 bits per heavy atom. The first-order valence-electron chi connectivity index (χ1n) is 6.38. The standard InChI is InChI=1S/C16H10BrClN2O2/c17-13-7-2-1-6-12(13)15-19-20-16(22-15)14(18)9-10-4-3-5-11(21)8-10/h1-9,21H/b14-9-. The van der Waals surface area contributed by atoms with Crippen LogP contribution in [-0.4, -0.2) is 15.3 Å². The lowest BCUT2D eigenvalue weighted by Gasteiger charge is -1.98. The smallest absolute Gasteiger partial charge is 0.259 e. The van der Waals surface area contributed by atoms with Gasteiger partial charge in [0.25, 0.3) is 5.89 Å². The normalized spacial score (nSPS) is 11.6. The second-order valence-corrected chi connectivity index (χ2v) is 5.74. The summed E-state index contributed by atoms with van der Waals surface area (Å²) in [4.78, 5) is 0. The summed E-state index contributed by atoms with van der Waals surface area (Å²) in [7, 11) is 0. The molecule has 0 bridgehead atoms. The molecule has 6 heteroatoms. The van der Waals surface area contributed by atoms with Crippen LogP contribution in [0.3, 0.4) is 0 Å². The van der Waals surface area contributed by atoms with Gasteiger partial charge in [-0.05, 0) is 51.8 Å². The first kappa shape index (κ1) is 14.8. The molecule has 0 saturated carbocycles. The van der Waals surface area contributed by atoms with Gasteiger partial charge in [0, 0.05) is 4.47 Å². The number of halogens is 2. The summed E-state index contributed by atoms with van der Waals surface area (Å²) >= 11 is 9.64. The maximum atomic E-state index is 9.45. The summed E-state index contributed by atoms with van der Waals surface area (Å²) in [6.07, 6.45) is 1.65. The molecule has 3 rings (SSSR count). The highest BCUT2D eigenvalue weighted by atomic mass is 79.9. The lowest BCUT2D eigenvalue weighted by Crippen LogP contribution is -1.79. The zero-order chi connectivity index (χ0) is 15.5. The van der Waals surface area contributed by atoms with Crippen molar-refractivity contribution in [1.82, 2.24) is 10.2 Å². The van der Waals surface area contributed by atoms with Gasteiger partial charge in [-0.15, -0.1) is 10.2 Å². The van der Waals surface area contributed by atoms with Crippen LogP contribution in [0.25, 0.3) is 22.6 Å². The number of hydrogen-bond acceptors (Lipinski definition) is 4. The van der Waals surface area contributed by atoms with Gasteiger partial charge < -0.3 is 9.52 Å². The van der Waals surface area contributed by atoms with Crippen LogP contribution in [0, 0.1) is 0 Å². The molecule has 0 spiro atoms. The first-order chi connectivity index (χ1) is 10.6. The fraction of sp³-hybridized carbons (Fsp3) is 0. The molecule has 0 saturated heterocycles. The summed E-state index contributed by atoms with van der Waals surface area (Å²) in [5.74, 6) is 0.762. The molecule has 3 aromatic rings. The minimum atomic E-state index is 0.164. The molecule has 0 aliphatic rings. The van der Waals surface area contributed by atoms with Crippen molar-refractivity contribution in [2.75, 3.05) is 0 Å². The molecule has 110 valence electrons. The Labute approximate surface area is 140 Å². The minimum Gasteiger partial charge on any atom is -0.508 e. The molecule has 0 fully saturated rings. The number of phenols is 1. The Morgan fingerprint density at radius 3 is 2.73 bits per heavy atom. The van der Waals surface area contributed by atoms with E-state index in [0.29, 0.717) is 10.9 Å². The third-order valence-electron chi connectivity index (χ3n) is 2.90. The Kier molecular flexibility index (Phi) is 4.27. The number of hydrogen-bond donors (Lipinski definition) is 1. The average molecular weight is 378 g/mol. The second-order valence-electron chi connectivity index (χ2n) is 4.48. The molecule has 0 unspecified atom stereocenters. The van der Waals surface area contributed by atoms with E-state index in [1.165, 1.54) is 0 Å². The number of phenolic OH excluding ortho intramolecular Hbond substituents is 1. The van der Waals surface area contributed by atoms with Crippen molar-refractivity contribution < 1.29 is 9.52 Å². The summed E-state index contributed by atoms with van der Waals surface area (Å²) in [6, 6.07) is 14.3. The average Bonchev–Trinajstić information content (AvgIpc) is 2.97. The van der Waals surface area contributed by atoms with Gasteiger partial charge in [0.2, 0.25) is 5.89 Å². The van der Waals surface area contributed by atoms with Gasteiger partial charge in [-0.3, -0.25) is 0 Å². The van der Waals surface area contributed by atoms with Crippen LogP contribution in [0.5, 0.6) is 5.75 Å². The van der Waals surface area contributed by atoms with Gasteiger partial charge in [-0.2, -0.15) is 0 Å². The van der Waals surface area contributed by atoms with Crippen LogP contribution < -0.4 is 0 Å². The van der Waals surface area contributed by atoms with E-state index >= 15 is 0 Å². The van der Waals surface area contributed by atoms with E-state index in [-0.39, 0.29) is 11.6 Å². The summed E-state index contributed by atoms with van der Waals surface area (Å²) in [5.41, 5.74) is 1.54. The molecule has 4 nitrogen and oxygen atoms in total. The van der Waals surface area contributed by atoms with E-state index in [1.807, 2.05) is 30.3 Å². The molecule has 0 atom stereocenters. The molecule has 0 amide bonds. The van der Waals surface area contributed by atoms with Crippen molar-refractivity contribution in [3.63, 3.8) is 0 Å².